The molecule has 0 aromatic rings. The van der Waals surface area contributed by atoms with Crippen LogP contribution in [0.5, 0.6) is 0 Å². The summed E-state index contributed by atoms with van der Waals surface area (Å²) in [7, 11) is 0. The monoisotopic (exact) mass is 115 g/mol. The molecule has 1 rings (SSSR count). The fourth-order valence-corrected chi connectivity index (χ4v) is 0.785. The number of hydrazine groups is 1. The maximum Gasteiger partial charge on any atom is 0.0352 e. The van der Waals surface area contributed by atoms with Crippen molar-refractivity contribution in [1.82, 2.24) is 10.9 Å². The quantitative estimate of drug-likeness (QED) is 0.451. The summed E-state index contributed by atoms with van der Waals surface area (Å²) < 4.78 is 0. The fourth-order valence-electron chi connectivity index (χ4n) is 0.785. The molecule has 4 N–H and O–H groups in total. The van der Waals surface area contributed by atoms with E-state index in [1.54, 1.807) is 0 Å². The molecule has 0 aromatic heterocycles. The Kier molecular flexibility index (Phi) is 2.27. The molecule has 0 aromatic carbocycles. The number of hydrogen-bond acceptors (Lipinski definition) is 3. The van der Waals surface area contributed by atoms with Crippen LogP contribution in [-0.4, -0.2) is 19.1 Å². The Bertz CT molecular complexity index is 60.7. The molecular formula is C5H13N3. The lowest BCUT2D eigenvalue weighted by Crippen LogP contribution is -2.58. The van der Waals surface area contributed by atoms with Crippen molar-refractivity contribution in [3.8, 4) is 0 Å². The topological polar surface area (TPSA) is 50.1 Å². The van der Waals surface area contributed by atoms with Crippen molar-refractivity contribution in [1.29, 1.82) is 0 Å². The van der Waals surface area contributed by atoms with E-state index >= 15 is 0 Å². The third-order valence-electron chi connectivity index (χ3n) is 1.41. The molecule has 1 unspecified atom stereocenters. The number of nitrogens with one attached hydrogen (secondary N) is 2. The molecule has 1 fully saturated rings. The van der Waals surface area contributed by atoms with Crippen molar-refractivity contribution in [2.75, 3.05) is 13.1 Å². The summed E-state index contributed by atoms with van der Waals surface area (Å²) in [4.78, 5) is 0. The van der Waals surface area contributed by atoms with Crippen LogP contribution in [0.3, 0.4) is 0 Å². The van der Waals surface area contributed by atoms with Crippen molar-refractivity contribution < 1.29 is 0 Å². The van der Waals surface area contributed by atoms with Crippen molar-refractivity contribution in [3.05, 3.63) is 0 Å². The van der Waals surface area contributed by atoms with Crippen LogP contribution in [0, 0.1) is 0 Å². The minimum atomic E-state index is 0.693. The Balaban J connectivity index is 1.86. The van der Waals surface area contributed by atoms with Gasteiger partial charge in [-0.3, -0.25) is 10.9 Å². The van der Waals surface area contributed by atoms with Crippen LogP contribution < -0.4 is 16.6 Å². The second-order valence-corrected chi connectivity index (χ2v) is 2.15. The first-order chi connectivity index (χ1) is 3.93. The zero-order valence-corrected chi connectivity index (χ0v) is 4.98. The highest BCUT2D eigenvalue weighted by molar-refractivity contribution is 4.74. The van der Waals surface area contributed by atoms with E-state index in [1.165, 1.54) is 6.42 Å². The van der Waals surface area contributed by atoms with Crippen molar-refractivity contribution in [3.63, 3.8) is 0 Å². The van der Waals surface area contributed by atoms with Gasteiger partial charge in [0.15, 0.2) is 0 Å². The first-order valence-corrected chi connectivity index (χ1v) is 3.12. The molecule has 0 spiro atoms. The third-order valence-corrected chi connectivity index (χ3v) is 1.41. The van der Waals surface area contributed by atoms with Gasteiger partial charge < -0.3 is 5.73 Å². The predicted octanol–water partition coefficient (Wildman–Crippen LogP) is -0.798. The van der Waals surface area contributed by atoms with E-state index in [2.05, 4.69) is 10.9 Å². The van der Waals surface area contributed by atoms with Gasteiger partial charge in [0, 0.05) is 12.6 Å². The second kappa shape index (κ2) is 3.02. The lowest BCUT2D eigenvalue weighted by molar-refractivity contribution is 0.282. The van der Waals surface area contributed by atoms with Crippen LogP contribution >= 0.6 is 0 Å². The smallest absolute Gasteiger partial charge is 0.0352 e. The minimum Gasteiger partial charge on any atom is -0.330 e. The molecule has 3 nitrogen and oxygen atoms in total. The molecule has 1 aliphatic heterocycles. The minimum absolute atomic E-state index is 0.693. The first-order valence-electron chi connectivity index (χ1n) is 3.12. The van der Waals surface area contributed by atoms with Crippen molar-refractivity contribution in [2.24, 2.45) is 5.73 Å². The molecule has 0 radical (unpaired) electrons. The summed E-state index contributed by atoms with van der Waals surface area (Å²) in [6.07, 6.45) is 2.35. The van der Waals surface area contributed by atoms with Crippen LogP contribution in [0.25, 0.3) is 0 Å². The molecule has 0 bridgehead atoms. The Morgan fingerprint density at radius 2 is 2.38 bits per heavy atom. The Morgan fingerprint density at radius 1 is 1.62 bits per heavy atom. The van der Waals surface area contributed by atoms with Gasteiger partial charge in [0.1, 0.15) is 0 Å². The molecule has 0 amide bonds. The van der Waals surface area contributed by atoms with E-state index in [4.69, 9.17) is 5.73 Å². The first kappa shape index (κ1) is 6.01. The highest BCUT2D eigenvalue weighted by atomic mass is 15.4. The standard InChI is InChI=1S/C5H13N3/c6-3-1-2-5-4-7-8-5/h5,7-8H,1-4,6H2. The lowest BCUT2D eigenvalue weighted by Gasteiger charge is -2.28. The summed E-state index contributed by atoms with van der Waals surface area (Å²) in [5, 5.41) is 0. The molecule has 1 aliphatic rings. The average molecular weight is 115 g/mol. The maximum absolute atomic E-state index is 5.31. The van der Waals surface area contributed by atoms with Gasteiger partial charge in [0.25, 0.3) is 0 Å². The average Bonchev–Trinajstić information content (AvgIpc) is 1.63. The van der Waals surface area contributed by atoms with E-state index < -0.39 is 0 Å². The van der Waals surface area contributed by atoms with Crippen LogP contribution in [0.2, 0.25) is 0 Å². The number of nitrogens with two attached hydrogens (primary N) is 1. The normalized spacial score (nSPS) is 27.4. The molecule has 0 aliphatic carbocycles. The molecule has 0 saturated carbocycles. The van der Waals surface area contributed by atoms with Gasteiger partial charge >= 0.3 is 0 Å². The summed E-state index contributed by atoms with van der Waals surface area (Å²) >= 11 is 0. The van der Waals surface area contributed by atoms with Crippen LogP contribution in [-0.2, 0) is 0 Å². The molecule has 1 saturated heterocycles. The van der Waals surface area contributed by atoms with Crippen LogP contribution in [0.4, 0.5) is 0 Å². The van der Waals surface area contributed by atoms with E-state index in [1.807, 2.05) is 0 Å². The van der Waals surface area contributed by atoms with Gasteiger partial charge in [0.2, 0.25) is 0 Å². The highest BCUT2D eigenvalue weighted by Crippen LogP contribution is 1.97. The van der Waals surface area contributed by atoms with E-state index in [9.17, 15) is 0 Å². The predicted molar refractivity (Wildman–Crippen MR) is 33.2 cm³/mol. The molecule has 1 atom stereocenters. The van der Waals surface area contributed by atoms with Gasteiger partial charge in [-0.05, 0) is 19.4 Å². The van der Waals surface area contributed by atoms with Crippen LogP contribution in [0.1, 0.15) is 12.8 Å². The maximum atomic E-state index is 5.31. The fraction of sp³-hybridized carbons (Fsp3) is 1.00. The third kappa shape index (κ3) is 1.43. The van der Waals surface area contributed by atoms with Crippen molar-refractivity contribution >= 4 is 0 Å². The number of hydrogen-bond donors (Lipinski definition) is 3. The molecule has 1 heterocycles. The van der Waals surface area contributed by atoms with E-state index in [0.717, 1.165) is 19.5 Å². The Morgan fingerprint density at radius 3 is 2.75 bits per heavy atom. The van der Waals surface area contributed by atoms with Gasteiger partial charge in [-0.25, -0.2) is 0 Å². The Labute approximate surface area is 49.6 Å². The van der Waals surface area contributed by atoms with Gasteiger partial charge in [-0.1, -0.05) is 0 Å². The number of rotatable bonds is 3. The van der Waals surface area contributed by atoms with Crippen molar-refractivity contribution in [2.45, 2.75) is 18.9 Å². The Hall–Kier alpha value is -0.120. The van der Waals surface area contributed by atoms with Crippen LogP contribution in [0.15, 0.2) is 0 Å². The van der Waals surface area contributed by atoms with Gasteiger partial charge in [0.05, 0.1) is 0 Å². The summed E-state index contributed by atoms with van der Waals surface area (Å²) in [6, 6.07) is 0.693. The molecule has 8 heavy (non-hydrogen) atoms. The largest absolute Gasteiger partial charge is 0.330 e. The second-order valence-electron chi connectivity index (χ2n) is 2.15. The molecular weight excluding hydrogens is 102 g/mol. The van der Waals surface area contributed by atoms with E-state index in [-0.39, 0.29) is 0 Å². The summed E-state index contributed by atoms with van der Waals surface area (Å²) in [5.41, 5.74) is 11.4. The summed E-state index contributed by atoms with van der Waals surface area (Å²) in [5.74, 6) is 0. The SMILES string of the molecule is NCCCC1CNN1. The molecule has 48 valence electrons. The zero-order chi connectivity index (χ0) is 5.82. The zero-order valence-electron chi connectivity index (χ0n) is 4.98. The highest BCUT2D eigenvalue weighted by Gasteiger charge is 2.13. The van der Waals surface area contributed by atoms with Gasteiger partial charge in [-0.2, -0.15) is 0 Å². The van der Waals surface area contributed by atoms with E-state index in [0.29, 0.717) is 6.04 Å². The van der Waals surface area contributed by atoms with Gasteiger partial charge in [-0.15, -0.1) is 0 Å². The lowest BCUT2D eigenvalue weighted by atomic mass is 10.1. The summed E-state index contributed by atoms with van der Waals surface area (Å²) in [6.45, 7) is 1.93. The molecule has 3 heteroatoms.